The largest absolute Gasteiger partial charge is 0.393 e. The highest BCUT2D eigenvalue weighted by Crippen LogP contribution is 2.26. The van der Waals surface area contributed by atoms with E-state index >= 15 is 0 Å². The minimum atomic E-state index is -0.488. The van der Waals surface area contributed by atoms with Crippen molar-refractivity contribution < 1.29 is 4.92 Å². The summed E-state index contributed by atoms with van der Waals surface area (Å²) in [6, 6.07) is 4.72. The number of hydrogen-bond donors (Lipinski definition) is 2. The molecule has 88 valence electrons. The molecule has 16 heavy (non-hydrogen) atoms. The molecule has 0 unspecified atom stereocenters. The van der Waals surface area contributed by atoms with E-state index in [1.54, 1.807) is 12.1 Å². The second kappa shape index (κ2) is 5.32. The molecule has 0 amide bonds. The lowest BCUT2D eigenvalue weighted by molar-refractivity contribution is -0.383. The van der Waals surface area contributed by atoms with Crippen molar-refractivity contribution in [2.45, 2.75) is 6.92 Å². The summed E-state index contributed by atoms with van der Waals surface area (Å²) in [4.78, 5) is 12.1. The van der Waals surface area contributed by atoms with Gasteiger partial charge in [-0.2, -0.15) is 0 Å². The Morgan fingerprint density at radius 3 is 2.62 bits per heavy atom. The van der Waals surface area contributed by atoms with Gasteiger partial charge in [-0.3, -0.25) is 10.1 Å². The van der Waals surface area contributed by atoms with Crippen LogP contribution in [-0.4, -0.2) is 24.6 Å². The van der Waals surface area contributed by atoms with Crippen LogP contribution < -0.4 is 16.4 Å². The van der Waals surface area contributed by atoms with E-state index in [1.165, 1.54) is 6.07 Å². The predicted octanol–water partition coefficient (Wildman–Crippen LogP) is 0.962. The number of nitrogen functional groups attached to an aromatic ring is 1. The molecule has 0 spiro atoms. The van der Waals surface area contributed by atoms with E-state index in [-0.39, 0.29) is 11.4 Å². The van der Waals surface area contributed by atoms with Gasteiger partial charge in [-0.05, 0) is 19.1 Å². The van der Waals surface area contributed by atoms with Crippen LogP contribution in [0.1, 0.15) is 6.92 Å². The zero-order chi connectivity index (χ0) is 12.1. The second-order valence-corrected chi connectivity index (χ2v) is 3.37. The van der Waals surface area contributed by atoms with Crippen LogP contribution in [0.15, 0.2) is 18.2 Å². The van der Waals surface area contributed by atoms with Gasteiger partial charge in [0.2, 0.25) is 0 Å². The van der Waals surface area contributed by atoms with Gasteiger partial charge in [0.25, 0.3) is 5.69 Å². The third kappa shape index (κ3) is 2.60. The molecule has 0 aliphatic carbocycles. The van der Waals surface area contributed by atoms with Crippen molar-refractivity contribution in [2.75, 3.05) is 30.3 Å². The van der Waals surface area contributed by atoms with E-state index in [1.807, 2.05) is 11.8 Å². The lowest BCUT2D eigenvalue weighted by Crippen LogP contribution is -2.29. The Hall–Kier alpha value is -1.82. The lowest BCUT2D eigenvalue weighted by atomic mass is 10.2. The fraction of sp³-hybridized carbons (Fsp3) is 0.400. The van der Waals surface area contributed by atoms with Crippen LogP contribution in [-0.2, 0) is 0 Å². The summed E-state index contributed by atoms with van der Waals surface area (Å²) in [6.45, 7) is 4.01. The summed E-state index contributed by atoms with van der Waals surface area (Å²) < 4.78 is 0. The minimum Gasteiger partial charge on any atom is -0.393 e. The number of nitro groups is 1. The first-order chi connectivity index (χ1) is 7.60. The molecule has 6 nitrogen and oxygen atoms in total. The quantitative estimate of drug-likeness (QED) is 0.441. The Balaban J connectivity index is 2.99. The fourth-order valence-corrected chi connectivity index (χ4v) is 1.53. The van der Waals surface area contributed by atoms with Crippen molar-refractivity contribution in [3.63, 3.8) is 0 Å². The SMILES string of the molecule is CCN(CCN)c1ccc([N+](=O)[O-])c(N)c1. The van der Waals surface area contributed by atoms with Gasteiger partial charge in [-0.15, -0.1) is 0 Å². The Morgan fingerprint density at radius 1 is 1.50 bits per heavy atom. The molecule has 6 heteroatoms. The number of nitro benzene ring substituents is 1. The van der Waals surface area contributed by atoms with Crippen molar-refractivity contribution in [1.82, 2.24) is 0 Å². The van der Waals surface area contributed by atoms with Gasteiger partial charge < -0.3 is 16.4 Å². The van der Waals surface area contributed by atoms with Crippen LogP contribution in [0.4, 0.5) is 17.1 Å². The summed E-state index contributed by atoms with van der Waals surface area (Å²) in [5, 5.41) is 10.6. The maximum atomic E-state index is 10.6. The Labute approximate surface area is 94.0 Å². The van der Waals surface area contributed by atoms with E-state index in [2.05, 4.69) is 0 Å². The van der Waals surface area contributed by atoms with Crippen LogP contribution >= 0.6 is 0 Å². The molecule has 0 aliphatic rings. The number of likely N-dealkylation sites (N-methyl/N-ethyl adjacent to an activating group) is 1. The highest BCUT2D eigenvalue weighted by Gasteiger charge is 2.13. The Morgan fingerprint density at radius 2 is 2.19 bits per heavy atom. The minimum absolute atomic E-state index is 0.0625. The van der Waals surface area contributed by atoms with Gasteiger partial charge in [0.1, 0.15) is 5.69 Å². The van der Waals surface area contributed by atoms with Crippen molar-refractivity contribution >= 4 is 17.1 Å². The third-order valence-corrected chi connectivity index (χ3v) is 2.35. The maximum Gasteiger partial charge on any atom is 0.292 e. The zero-order valence-electron chi connectivity index (χ0n) is 9.22. The van der Waals surface area contributed by atoms with Gasteiger partial charge in [-0.1, -0.05) is 0 Å². The molecule has 0 aliphatic heterocycles. The van der Waals surface area contributed by atoms with Gasteiger partial charge in [-0.25, -0.2) is 0 Å². The van der Waals surface area contributed by atoms with E-state index in [4.69, 9.17) is 11.5 Å². The van der Waals surface area contributed by atoms with Gasteiger partial charge >= 0.3 is 0 Å². The Bertz CT molecular complexity index is 381. The molecule has 1 rings (SSSR count). The molecule has 0 radical (unpaired) electrons. The molecule has 4 N–H and O–H groups in total. The molecule has 1 aromatic rings. The summed E-state index contributed by atoms with van der Waals surface area (Å²) in [5.74, 6) is 0. The first-order valence-electron chi connectivity index (χ1n) is 5.09. The first-order valence-corrected chi connectivity index (χ1v) is 5.09. The van der Waals surface area contributed by atoms with Crippen LogP contribution in [0.3, 0.4) is 0 Å². The summed E-state index contributed by atoms with van der Waals surface area (Å²) >= 11 is 0. The normalized spacial score (nSPS) is 10.1. The number of anilines is 2. The summed E-state index contributed by atoms with van der Waals surface area (Å²) in [7, 11) is 0. The number of nitrogens with zero attached hydrogens (tertiary/aromatic N) is 2. The first kappa shape index (κ1) is 12.3. The zero-order valence-corrected chi connectivity index (χ0v) is 9.22. The van der Waals surface area contributed by atoms with E-state index in [0.717, 1.165) is 12.2 Å². The molecule has 0 saturated carbocycles. The van der Waals surface area contributed by atoms with Gasteiger partial charge in [0.15, 0.2) is 0 Å². The molecule has 0 saturated heterocycles. The number of hydrogen-bond acceptors (Lipinski definition) is 5. The van der Waals surface area contributed by atoms with Gasteiger partial charge in [0, 0.05) is 31.4 Å². The fourth-order valence-electron chi connectivity index (χ4n) is 1.53. The number of nitrogens with two attached hydrogens (primary N) is 2. The van der Waals surface area contributed by atoms with E-state index < -0.39 is 4.92 Å². The van der Waals surface area contributed by atoms with Crippen molar-refractivity contribution in [1.29, 1.82) is 0 Å². The molecule has 0 atom stereocenters. The van der Waals surface area contributed by atoms with Crippen LogP contribution in [0.2, 0.25) is 0 Å². The smallest absolute Gasteiger partial charge is 0.292 e. The highest BCUT2D eigenvalue weighted by atomic mass is 16.6. The molecule has 1 aromatic carbocycles. The number of benzene rings is 1. The molecular formula is C10H16N4O2. The van der Waals surface area contributed by atoms with Crippen molar-refractivity contribution in [2.24, 2.45) is 5.73 Å². The topological polar surface area (TPSA) is 98.4 Å². The van der Waals surface area contributed by atoms with Crippen LogP contribution in [0.5, 0.6) is 0 Å². The standard InChI is InChI=1S/C10H16N4O2/c1-2-13(6-5-11)8-3-4-10(14(15)16)9(12)7-8/h3-4,7H,2,5-6,11-12H2,1H3. The third-order valence-electron chi connectivity index (χ3n) is 2.35. The van der Waals surface area contributed by atoms with E-state index in [9.17, 15) is 10.1 Å². The lowest BCUT2D eigenvalue weighted by Gasteiger charge is -2.22. The second-order valence-electron chi connectivity index (χ2n) is 3.37. The molecule has 0 heterocycles. The molecular weight excluding hydrogens is 208 g/mol. The van der Waals surface area contributed by atoms with Crippen LogP contribution in [0.25, 0.3) is 0 Å². The molecule has 0 bridgehead atoms. The van der Waals surface area contributed by atoms with E-state index in [0.29, 0.717) is 13.1 Å². The summed E-state index contributed by atoms with van der Waals surface area (Å²) in [5.41, 5.74) is 12.1. The van der Waals surface area contributed by atoms with Crippen molar-refractivity contribution in [3.8, 4) is 0 Å². The number of rotatable bonds is 5. The average molecular weight is 224 g/mol. The monoisotopic (exact) mass is 224 g/mol. The maximum absolute atomic E-state index is 10.6. The van der Waals surface area contributed by atoms with Crippen LogP contribution in [0, 0.1) is 10.1 Å². The Kier molecular flexibility index (Phi) is 4.07. The van der Waals surface area contributed by atoms with Gasteiger partial charge in [0.05, 0.1) is 4.92 Å². The molecule has 0 fully saturated rings. The molecule has 0 aromatic heterocycles. The summed E-state index contributed by atoms with van der Waals surface area (Å²) in [6.07, 6.45) is 0. The van der Waals surface area contributed by atoms with Crippen molar-refractivity contribution in [3.05, 3.63) is 28.3 Å². The predicted molar refractivity (Wildman–Crippen MR) is 64.5 cm³/mol. The highest BCUT2D eigenvalue weighted by molar-refractivity contribution is 5.66. The average Bonchev–Trinajstić information content (AvgIpc) is 2.25.